The van der Waals surface area contributed by atoms with Gasteiger partial charge in [0.1, 0.15) is 0 Å². The van der Waals surface area contributed by atoms with Gasteiger partial charge in [-0.25, -0.2) is 0 Å². The Morgan fingerprint density at radius 1 is 0.920 bits per heavy atom. The molecule has 0 aromatic heterocycles. The maximum absolute atomic E-state index is 12.3. The second kappa shape index (κ2) is 8.14. The largest absolute Gasteiger partial charge is 0.504 e. The highest BCUT2D eigenvalue weighted by Crippen LogP contribution is 2.38. The first-order chi connectivity index (χ1) is 12.0. The third-order valence-electron chi connectivity index (χ3n) is 3.55. The Morgan fingerprint density at radius 3 is 2.00 bits per heavy atom. The molecule has 2 aromatic carbocycles. The molecule has 2 rings (SSSR count). The minimum atomic E-state index is -0.251. The topological polar surface area (TPSA) is 86.3 Å². The molecule has 2 N–H and O–H groups in total. The van der Waals surface area contributed by atoms with Gasteiger partial charge in [-0.15, -0.1) is 0 Å². The molecule has 25 heavy (non-hydrogen) atoms. The predicted molar refractivity (Wildman–Crippen MR) is 93.1 cm³/mol. The van der Waals surface area contributed by atoms with Gasteiger partial charge in [0.2, 0.25) is 11.7 Å². The number of methoxy groups -OCH3 is 4. The van der Waals surface area contributed by atoms with Crippen molar-refractivity contribution in [3.05, 3.63) is 35.9 Å². The monoisotopic (exact) mass is 347 g/mol. The highest BCUT2D eigenvalue weighted by atomic mass is 16.5. The lowest BCUT2D eigenvalue weighted by Gasteiger charge is -2.14. The van der Waals surface area contributed by atoms with E-state index in [1.54, 1.807) is 24.3 Å². The van der Waals surface area contributed by atoms with Crippen LogP contribution in [0.3, 0.4) is 0 Å². The Morgan fingerprint density at radius 2 is 1.52 bits per heavy atom. The normalized spacial score (nSPS) is 10.1. The first-order valence-electron chi connectivity index (χ1n) is 7.48. The van der Waals surface area contributed by atoms with Crippen LogP contribution in [-0.2, 0) is 11.2 Å². The molecule has 7 nitrogen and oxygen atoms in total. The second-order valence-electron chi connectivity index (χ2n) is 5.15. The van der Waals surface area contributed by atoms with Gasteiger partial charge in [0.15, 0.2) is 23.0 Å². The van der Waals surface area contributed by atoms with Crippen LogP contribution in [0.25, 0.3) is 0 Å². The smallest absolute Gasteiger partial charge is 0.228 e. The summed E-state index contributed by atoms with van der Waals surface area (Å²) in [6.45, 7) is 0. The summed E-state index contributed by atoms with van der Waals surface area (Å²) >= 11 is 0. The molecular formula is C18H21NO6. The van der Waals surface area contributed by atoms with Crippen molar-refractivity contribution in [2.24, 2.45) is 0 Å². The minimum absolute atomic E-state index is 0.0481. The summed E-state index contributed by atoms with van der Waals surface area (Å²) in [5, 5.41) is 12.5. The fourth-order valence-corrected chi connectivity index (χ4v) is 2.40. The molecular weight excluding hydrogens is 326 g/mol. The summed E-state index contributed by atoms with van der Waals surface area (Å²) in [7, 11) is 6.00. The Balaban J connectivity index is 2.16. The van der Waals surface area contributed by atoms with Gasteiger partial charge in [-0.05, 0) is 29.8 Å². The zero-order chi connectivity index (χ0) is 18.4. The van der Waals surface area contributed by atoms with Crippen LogP contribution in [0.2, 0.25) is 0 Å². The third-order valence-corrected chi connectivity index (χ3v) is 3.55. The maximum Gasteiger partial charge on any atom is 0.228 e. The number of rotatable bonds is 7. The van der Waals surface area contributed by atoms with Crippen molar-refractivity contribution in [1.82, 2.24) is 0 Å². The first kappa shape index (κ1) is 18.3. The molecule has 7 heteroatoms. The average Bonchev–Trinajstić information content (AvgIpc) is 2.60. The van der Waals surface area contributed by atoms with E-state index in [0.717, 1.165) is 0 Å². The fourth-order valence-electron chi connectivity index (χ4n) is 2.40. The molecule has 0 aliphatic rings. The molecule has 0 bridgehead atoms. The van der Waals surface area contributed by atoms with Gasteiger partial charge < -0.3 is 29.4 Å². The van der Waals surface area contributed by atoms with Crippen LogP contribution >= 0.6 is 0 Å². The van der Waals surface area contributed by atoms with Crippen LogP contribution in [0.4, 0.5) is 5.69 Å². The van der Waals surface area contributed by atoms with E-state index in [-0.39, 0.29) is 18.1 Å². The average molecular weight is 347 g/mol. The highest BCUT2D eigenvalue weighted by molar-refractivity contribution is 5.92. The molecule has 0 aliphatic carbocycles. The molecule has 0 saturated heterocycles. The van der Waals surface area contributed by atoms with Crippen LogP contribution in [0.15, 0.2) is 30.3 Å². The molecule has 0 heterocycles. The van der Waals surface area contributed by atoms with E-state index in [0.29, 0.717) is 34.2 Å². The zero-order valence-corrected chi connectivity index (χ0v) is 14.6. The second-order valence-corrected chi connectivity index (χ2v) is 5.15. The fraction of sp³-hybridized carbons (Fsp3) is 0.278. The molecule has 0 spiro atoms. The predicted octanol–water partition coefficient (Wildman–Crippen LogP) is 2.61. The van der Waals surface area contributed by atoms with Crippen molar-refractivity contribution in [3.63, 3.8) is 0 Å². The van der Waals surface area contributed by atoms with Crippen molar-refractivity contribution in [2.75, 3.05) is 33.8 Å². The molecule has 0 radical (unpaired) electrons. The summed E-state index contributed by atoms with van der Waals surface area (Å²) in [5.74, 6) is 1.46. The number of carbonyl (C=O) groups excluding carboxylic acids is 1. The first-order valence-corrected chi connectivity index (χ1v) is 7.48. The van der Waals surface area contributed by atoms with Crippen molar-refractivity contribution >= 4 is 11.6 Å². The van der Waals surface area contributed by atoms with E-state index in [1.807, 2.05) is 0 Å². The highest BCUT2D eigenvalue weighted by Gasteiger charge is 2.15. The minimum Gasteiger partial charge on any atom is -0.504 e. The molecule has 0 aliphatic heterocycles. The number of hydrogen-bond donors (Lipinski definition) is 2. The Bertz CT molecular complexity index is 734. The summed E-state index contributed by atoms with van der Waals surface area (Å²) in [6, 6.07) is 8.07. The number of carbonyl (C=O) groups is 1. The summed E-state index contributed by atoms with van der Waals surface area (Å²) in [4.78, 5) is 12.3. The van der Waals surface area contributed by atoms with Gasteiger partial charge in [0.25, 0.3) is 0 Å². The van der Waals surface area contributed by atoms with Crippen molar-refractivity contribution in [3.8, 4) is 28.7 Å². The summed E-state index contributed by atoms with van der Waals surface area (Å²) in [6.07, 6.45) is 0.101. The zero-order valence-electron chi connectivity index (χ0n) is 14.6. The van der Waals surface area contributed by atoms with E-state index >= 15 is 0 Å². The van der Waals surface area contributed by atoms with Crippen LogP contribution < -0.4 is 24.3 Å². The van der Waals surface area contributed by atoms with E-state index in [4.69, 9.17) is 18.9 Å². The lowest BCUT2D eigenvalue weighted by molar-refractivity contribution is -0.115. The van der Waals surface area contributed by atoms with Gasteiger partial charge in [-0.1, -0.05) is 0 Å². The maximum atomic E-state index is 12.3. The molecule has 134 valence electrons. The summed E-state index contributed by atoms with van der Waals surface area (Å²) < 4.78 is 20.8. The molecule has 0 atom stereocenters. The van der Waals surface area contributed by atoms with Crippen molar-refractivity contribution < 1.29 is 28.8 Å². The standard InChI is InChI=1S/C18H21NO6/c1-22-14-6-5-12(10-13(14)20)19-17(21)9-11-7-15(23-2)18(25-4)16(8-11)24-3/h5-8,10,20H,9H2,1-4H3,(H,19,21). The lowest BCUT2D eigenvalue weighted by Crippen LogP contribution is -2.14. The van der Waals surface area contributed by atoms with E-state index in [2.05, 4.69) is 5.32 Å². The lowest BCUT2D eigenvalue weighted by atomic mass is 10.1. The Labute approximate surface area is 146 Å². The number of anilines is 1. The molecule has 0 saturated carbocycles. The number of phenolic OH excluding ortho intramolecular Hbond substituents is 1. The number of phenols is 1. The number of aromatic hydroxyl groups is 1. The van der Waals surface area contributed by atoms with Crippen LogP contribution in [0, 0.1) is 0 Å². The Kier molecular flexibility index (Phi) is 5.94. The number of nitrogens with one attached hydrogen (secondary N) is 1. The summed E-state index contributed by atoms with van der Waals surface area (Å²) in [5.41, 5.74) is 1.17. The van der Waals surface area contributed by atoms with E-state index in [1.165, 1.54) is 34.5 Å². The van der Waals surface area contributed by atoms with Crippen LogP contribution in [-0.4, -0.2) is 39.5 Å². The molecule has 0 fully saturated rings. The number of hydrogen-bond acceptors (Lipinski definition) is 6. The van der Waals surface area contributed by atoms with E-state index in [9.17, 15) is 9.90 Å². The van der Waals surface area contributed by atoms with Crippen LogP contribution in [0.1, 0.15) is 5.56 Å². The van der Waals surface area contributed by atoms with Gasteiger partial charge in [-0.2, -0.15) is 0 Å². The quantitative estimate of drug-likeness (QED) is 0.801. The number of ether oxygens (including phenoxy) is 4. The van der Waals surface area contributed by atoms with Gasteiger partial charge in [0.05, 0.1) is 34.9 Å². The molecule has 2 aromatic rings. The van der Waals surface area contributed by atoms with E-state index < -0.39 is 0 Å². The van der Waals surface area contributed by atoms with Gasteiger partial charge in [0, 0.05) is 11.8 Å². The Hall–Kier alpha value is -3.09. The number of amides is 1. The SMILES string of the molecule is COc1ccc(NC(=O)Cc2cc(OC)c(OC)c(OC)c2)cc1O. The van der Waals surface area contributed by atoms with Crippen molar-refractivity contribution in [1.29, 1.82) is 0 Å². The van der Waals surface area contributed by atoms with Gasteiger partial charge >= 0.3 is 0 Å². The third kappa shape index (κ3) is 4.26. The molecule has 1 amide bonds. The van der Waals surface area contributed by atoms with Crippen molar-refractivity contribution in [2.45, 2.75) is 6.42 Å². The number of benzene rings is 2. The molecule has 0 unspecified atom stereocenters. The van der Waals surface area contributed by atoms with Gasteiger partial charge in [-0.3, -0.25) is 4.79 Å². The van der Waals surface area contributed by atoms with Crippen LogP contribution in [0.5, 0.6) is 28.7 Å².